The van der Waals surface area contributed by atoms with Crippen LogP contribution in [0.3, 0.4) is 0 Å². The van der Waals surface area contributed by atoms with Crippen molar-refractivity contribution in [3.63, 3.8) is 0 Å². The van der Waals surface area contributed by atoms with Gasteiger partial charge in [0.15, 0.2) is 0 Å². The molecule has 44 heavy (non-hydrogen) atoms. The van der Waals surface area contributed by atoms with E-state index < -0.39 is 59.5 Å². The Morgan fingerprint density at radius 3 is 2.52 bits per heavy atom. The molecule has 4 heterocycles. The van der Waals surface area contributed by atoms with Crippen molar-refractivity contribution in [2.75, 3.05) is 31.7 Å². The molecule has 2 N–H and O–H groups in total. The van der Waals surface area contributed by atoms with E-state index in [4.69, 9.17) is 14.2 Å². The molecule has 3 amide bonds. The third-order valence-electron chi connectivity index (χ3n) is 8.76. The van der Waals surface area contributed by atoms with Crippen LogP contribution in [0.1, 0.15) is 40.0 Å². The number of nitrogens with one attached hydrogen (secondary N) is 1. The van der Waals surface area contributed by atoms with Crippen molar-refractivity contribution in [1.82, 2.24) is 10.2 Å². The Labute approximate surface area is 265 Å². The van der Waals surface area contributed by atoms with Crippen LogP contribution in [0.5, 0.6) is 5.75 Å². The van der Waals surface area contributed by atoms with E-state index in [0.29, 0.717) is 28.8 Å². The van der Waals surface area contributed by atoms with Crippen molar-refractivity contribution in [2.24, 2.45) is 17.8 Å². The van der Waals surface area contributed by atoms with E-state index >= 15 is 0 Å². The minimum atomic E-state index is -1.47. The highest BCUT2D eigenvalue weighted by atomic mass is 79.9. The van der Waals surface area contributed by atoms with Crippen LogP contribution in [-0.4, -0.2) is 90.4 Å². The van der Waals surface area contributed by atoms with E-state index in [1.54, 1.807) is 49.3 Å². The molecule has 1 aromatic rings. The molecule has 0 radical (unpaired) electrons. The van der Waals surface area contributed by atoms with Gasteiger partial charge in [0.2, 0.25) is 11.8 Å². The number of anilines is 1. The number of esters is 1. The number of nitrogens with zero attached hydrogens (tertiary/aromatic N) is 2. The van der Waals surface area contributed by atoms with Crippen LogP contribution < -0.4 is 15.0 Å². The number of aliphatic hydroxyl groups excluding tert-OH is 1. The number of amides is 3. The maximum atomic E-state index is 14.9. The maximum absolute atomic E-state index is 14.9. The summed E-state index contributed by atoms with van der Waals surface area (Å²) in [5.74, 6) is -3.03. The van der Waals surface area contributed by atoms with Crippen LogP contribution >= 0.6 is 15.9 Å². The molecule has 12 heteroatoms. The van der Waals surface area contributed by atoms with Gasteiger partial charge in [-0.1, -0.05) is 41.9 Å². The van der Waals surface area contributed by atoms with E-state index in [0.717, 1.165) is 0 Å². The minimum Gasteiger partial charge on any atom is -0.497 e. The number of benzene rings is 1. The minimum absolute atomic E-state index is 0.108. The van der Waals surface area contributed by atoms with E-state index in [1.165, 1.54) is 4.90 Å². The highest BCUT2D eigenvalue weighted by Crippen LogP contribution is 2.59. The summed E-state index contributed by atoms with van der Waals surface area (Å²) in [5, 5.41) is 13.4. The van der Waals surface area contributed by atoms with Gasteiger partial charge >= 0.3 is 5.97 Å². The lowest BCUT2D eigenvalue weighted by molar-refractivity contribution is -0.159. The van der Waals surface area contributed by atoms with E-state index in [-0.39, 0.29) is 37.9 Å². The molecule has 1 spiro atoms. The number of aliphatic hydroxyl groups is 1. The van der Waals surface area contributed by atoms with Gasteiger partial charge in [0.05, 0.1) is 32.2 Å². The smallest absolute Gasteiger partial charge is 0.313 e. The van der Waals surface area contributed by atoms with Gasteiger partial charge in [0.25, 0.3) is 5.91 Å². The standard InChI is InChI=1S/C32H40BrN3O8/c1-18(2)14-21(17-37)36-28-30(40)35(20-9-11-22(42-4)12-10-20)13-7-5-6-8-24(38)34-16-19(3)43-31(41)25-26(29(36)39)32(28)15-23(33)27(25)44-32/h5,7,9-12,15,18-19,21,25-28,37H,6,8,13-14,16-17H2,1-4H3,(H,34,38)/b7-5-/t19-,21-,25+,26-,27+,28+,32-/m1/s1. The highest BCUT2D eigenvalue weighted by Gasteiger charge is 2.75. The number of carbonyl (C=O) groups is 4. The van der Waals surface area contributed by atoms with Crippen LogP contribution in [0.15, 0.2) is 47.0 Å². The molecule has 1 aromatic carbocycles. The molecule has 0 saturated carbocycles. The van der Waals surface area contributed by atoms with Gasteiger partial charge in [-0.25, -0.2) is 0 Å². The number of likely N-dealkylation sites (tertiary alicyclic amines) is 1. The van der Waals surface area contributed by atoms with Gasteiger partial charge < -0.3 is 34.4 Å². The normalized spacial score (nSPS) is 32.3. The fourth-order valence-corrected chi connectivity index (χ4v) is 7.56. The number of hydrogen-bond acceptors (Lipinski definition) is 8. The van der Waals surface area contributed by atoms with Crippen molar-refractivity contribution in [2.45, 2.75) is 69.9 Å². The molecule has 4 aliphatic rings. The molecular formula is C32H40BrN3O8. The average molecular weight is 675 g/mol. The van der Waals surface area contributed by atoms with Gasteiger partial charge in [-0.2, -0.15) is 0 Å². The van der Waals surface area contributed by atoms with Crippen molar-refractivity contribution in [3.05, 3.63) is 47.0 Å². The van der Waals surface area contributed by atoms with E-state index in [2.05, 4.69) is 21.2 Å². The Balaban J connectivity index is 1.65. The maximum Gasteiger partial charge on any atom is 0.313 e. The molecule has 2 fully saturated rings. The molecular weight excluding hydrogens is 634 g/mol. The van der Waals surface area contributed by atoms with Crippen LogP contribution in [-0.2, 0) is 28.7 Å². The van der Waals surface area contributed by atoms with Crippen LogP contribution in [0.25, 0.3) is 0 Å². The lowest BCUT2D eigenvalue weighted by Crippen LogP contribution is -2.59. The number of halogens is 1. The Hall–Kier alpha value is -3.22. The summed E-state index contributed by atoms with van der Waals surface area (Å²) in [5.41, 5.74) is -0.904. The number of fused-ring (bicyclic) bond motifs is 2. The Kier molecular flexibility index (Phi) is 9.52. The predicted molar refractivity (Wildman–Crippen MR) is 165 cm³/mol. The fourth-order valence-electron chi connectivity index (χ4n) is 6.83. The topological polar surface area (TPSA) is 135 Å². The highest BCUT2D eigenvalue weighted by molar-refractivity contribution is 9.11. The quantitative estimate of drug-likeness (QED) is 0.348. The summed E-state index contributed by atoms with van der Waals surface area (Å²) >= 11 is 3.55. The largest absolute Gasteiger partial charge is 0.497 e. The molecule has 2 saturated heterocycles. The molecule has 5 bridgehead atoms. The third kappa shape index (κ3) is 5.79. The number of rotatable bonds is 6. The summed E-state index contributed by atoms with van der Waals surface area (Å²) in [7, 11) is 1.55. The monoisotopic (exact) mass is 673 g/mol. The van der Waals surface area contributed by atoms with E-state index in [9.17, 15) is 24.3 Å². The third-order valence-corrected chi connectivity index (χ3v) is 9.44. The average Bonchev–Trinajstić information content (AvgIpc) is 3.59. The lowest BCUT2D eigenvalue weighted by Gasteiger charge is -2.39. The van der Waals surface area contributed by atoms with Crippen LogP contribution in [0, 0.1) is 17.8 Å². The molecule has 4 aliphatic heterocycles. The molecule has 7 atom stereocenters. The summed E-state index contributed by atoms with van der Waals surface area (Å²) in [6.07, 6.45) is 5.04. The SMILES string of the molecule is COc1ccc(N2C/C=C\CCC(=O)NC[C@@H](C)OC(=O)[C@@H]3[C@H]4O[C@@]5(C=C4Br)[C@H](C2=O)N([C@@H](CO)CC(C)C)C(=O)[C@@H]35)cc1. The van der Waals surface area contributed by atoms with Crippen molar-refractivity contribution in [1.29, 1.82) is 0 Å². The van der Waals surface area contributed by atoms with Crippen molar-refractivity contribution >= 4 is 45.3 Å². The summed E-state index contributed by atoms with van der Waals surface area (Å²) in [6, 6.07) is 5.15. The Bertz CT molecular complexity index is 1350. The second-order valence-corrected chi connectivity index (χ2v) is 13.2. The zero-order chi connectivity index (χ0) is 31.8. The van der Waals surface area contributed by atoms with E-state index in [1.807, 2.05) is 26.0 Å². The Morgan fingerprint density at radius 1 is 1.14 bits per heavy atom. The number of hydrogen-bond donors (Lipinski definition) is 2. The van der Waals surface area contributed by atoms with Gasteiger partial charge in [0, 0.05) is 23.1 Å². The molecule has 5 rings (SSSR count). The second kappa shape index (κ2) is 13.0. The molecule has 0 unspecified atom stereocenters. The Morgan fingerprint density at radius 2 is 1.86 bits per heavy atom. The van der Waals surface area contributed by atoms with Gasteiger partial charge in [-0.15, -0.1) is 0 Å². The van der Waals surface area contributed by atoms with Crippen molar-refractivity contribution < 1.29 is 38.5 Å². The van der Waals surface area contributed by atoms with Gasteiger partial charge in [-0.05, 0) is 56.0 Å². The molecule has 0 aromatic heterocycles. The van der Waals surface area contributed by atoms with Gasteiger partial charge in [-0.3, -0.25) is 19.2 Å². The first-order valence-electron chi connectivity index (χ1n) is 15.1. The number of carbonyl (C=O) groups excluding carboxylic acids is 4. The van der Waals surface area contributed by atoms with Crippen molar-refractivity contribution in [3.8, 4) is 5.75 Å². The van der Waals surface area contributed by atoms with Gasteiger partial charge in [0.1, 0.15) is 35.5 Å². The number of allylic oxidation sites excluding steroid dienone is 1. The zero-order valence-corrected chi connectivity index (χ0v) is 27.0. The molecule has 0 aliphatic carbocycles. The molecule has 238 valence electrons. The zero-order valence-electron chi connectivity index (χ0n) is 25.4. The second-order valence-electron chi connectivity index (χ2n) is 12.2. The fraction of sp³-hybridized carbons (Fsp3) is 0.562. The van der Waals surface area contributed by atoms with Crippen LogP contribution in [0.2, 0.25) is 0 Å². The first-order chi connectivity index (χ1) is 21.0. The number of ether oxygens (including phenoxy) is 3. The van der Waals surface area contributed by atoms with Crippen LogP contribution in [0.4, 0.5) is 5.69 Å². The summed E-state index contributed by atoms with van der Waals surface area (Å²) < 4.78 is 18.2. The summed E-state index contributed by atoms with van der Waals surface area (Å²) in [4.78, 5) is 58.6. The lowest BCUT2D eigenvalue weighted by atomic mass is 9.74. The number of cyclic esters (lactones) is 1. The number of methoxy groups -OCH3 is 1. The molecule has 11 nitrogen and oxygen atoms in total. The predicted octanol–water partition coefficient (Wildman–Crippen LogP) is 2.71. The summed E-state index contributed by atoms with van der Waals surface area (Å²) in [6.45, 7) is 5.54. The first kappa shape index (κ1) is 32.2. The first-order valence-corrected chi connectivity index (χ1v) is 15.9.